The number of rotatable bonds is 8. The molecule has 270 valence electrons. The maximum atomic E-state index is 11.5. The van der Waals surface area contributed by atoms with Gasteiger partial charge in [-0.1, -0.05) is 107 Å². The quantitative estimate of drug-likeness (QED) is 0.0914. The number of carbonyl (C=O) groups is 1. The molecule has 8 rings (SSSR count). The number of benzene rings is 5. The van der Waals surface area contributed by atoms with Gasteiger partial charge in [0.1, 0.15) is 30.5 Å². The molecule has 5 nitrogen and oxygen atoms in total. The third-order valence-electron chi connectivity index (χ3n) is 11.5. The van der Waals surface area contributed by atoms with E-state index in [4.69, 9.17) is 18.9 Å². The highest BCUT2D eigenvalue weighted by molar-refractivity contribution is 6.08. The van der Waals surface area contributed by atoms with Crippen LogP contribution in [0.15, 0.2) is 110 Å². The molecule has 5 aromatic rings. The Morgan fingerprint density at radius 3 is 2.13 bits per heavy atom. The van der Waals surface area contributed by atoms with Crippen LogP contribution < -0.4 is 14.2 Å². The number of hydrogen-bond donors (Lipinski definition) is 0. The van der Waals surface area contributed by atoms with Crippen molar-refractivity contribution >= 4 is 22.8 Å². The summed E-state index contributed by atoms with van der Waals surface area (Å²) in [5.74, 6) is 1.91. The zero-order valence-electron chi connectivity index (χ0n) is 31.7. The Morgan fingerprint density at radius 1 is 0.811 bits per heavy atom. The monoisotopic (exact) mass is 704 g/mol. The molecule has 3 aliphatic rings. The second kappa shape index (κ2) is 12.7. The highest BCUT2D eigenvalue weighted by Gasteiger charge is 2.55. The molecule has 0 bridgehead atoms. The Bertz CT molecular complexity index is 2260. The van der Waals surface area contributed by atoms with Crippen molar-refractivity contribution in [1.82, 2.24) is 0 Å². The number of esters is 1. The van der Waals surface area contributed by atoms with Crippen molar-refractivity contribution in [1.29, 1.82) is 0 Å². The lowest BCUT2D eigenvalue weighted by Crippen LogP contribution is -2.44. The third kappa shape index (κ3) is 5.82. The summed E-state index contributed by atoms with van der Waals surface area (Å²) in [6.45, 7) is 15.8. The van der Waals surface area contributed by atoms with E-state index in [1.54, 1.807) is 7.11 Å². The first-order chi connectivity index (χ1) is 25.4. The minimum atomic E-state index is -0.939. The average molecular weight is 705 g/mol. The summed E-state index contributed by atoms with van der Waals surface area (Å²) in [4.78, 5) is 11.5. The van der Waals surface area contributed by atoms with Gasteiger partial charge in [0.15, 0.2) is 5.60 Å². The van der Waals surface area contributed by atoms with E-state index in [0.717, 1.165) is 46.9 Å². The zero-order chi connectivity index (χ0) is 37.2. The molecule has 1 aliphatic heterocycles. The van der Waals surface area contributed by atoms with E-state index in [1.807, 2.05) is 24.3 Å². The summed E-state index contributed by atoms with van der Waals surface area (Å²) in [5, 5.41) is 2.35. The normalized spacial score (nSPS) is 19.8. The van der Waals surface area contributed by atoms with Crippen LogP contribution >= 0.6 is 0 Å². The molecule has 0 radical (unpaired) electrons. The maximum absolute atomic E-state index is 11.5. The fraction of sp³-hybridized carbons (Fsp3) is 0.312. The number of fused-ring (bicyclic) bond motifs is 10. The summed E-state index contributed by atoms with van der Waals surface area (Å²) in [6.07, 6.45) is 9.08. The Kier molecular flexibility index (Phi) is 8.32. The van der Waals surface area contributed by atoms with Crippen molar-refractivity contribution in [2.75, 3.05) is 20.3 Å². The molecule has 0 saturated heterocycles. The van der Waals surface area contributed by atoms with E-state index >= 15 is 0 Å². The van der Waals surface area contributed by atoms with E-state index in [-0.39, 0.29) is 29.5 Å². The first-order valence-electron chi connectivity index (χ1n) is 18.6. The van der Waals surface area contributed by atoms with Crippen LogP contribution in [0, 0.1) is 17.8 Å². The number of carbonyl (C=O) groups excluding carboxylic acids is 1. The number of methoxy groups -OCH3 is 1. The first kappa shape index (κ1) is 34.8. The second-order valence-corrected chi connectivity index (χ2v) is 16.7. The van der Waals surface area contributed by atoms with Gasteiger partial charge >= 0.3 is 5.97 Å². The lowest BCUT2D eigenvalue weighted by Gasteiger charge is -2.52. The largest absolute Gasteiger partial charge is 0.497 e. The molecule has 1 unspecified atom stereocenters. The summed E-state index contributed by atoms with van der Waals surface area (Å²) in [6, 6.07) is 32.2. The molecule has 2 aliphatic carbocycles. The molecule has 0 amide bonds. The fourth-order valence-electron chi connectivity index (χ4n) is 10.2. The van der Waals surface area contributed by atoms with E-state index in [2.05, 4.69) is 120 Å². The Morgan fingerprint density at radius 2 is 1.47 bits per heavy atom. The Labute approximate surface area is 313 Å². The Balaban J connectivity index is 1.33. The van der Waals surface area contributed by atoms with Crippen LogP contribution in [0.25, 0.3) is 28.0 Å². The lowest BCUT2D eigenvalue weighted by molar-refractivity contribution is -0.138. The molecule has 53 heavy (non-hydrogen) atoms. The zero-order valence-corrected chi connectivity index (χ0v) is 31.7. The van der Waals surface area contributed by atoms with Crippen molar-refractivity contribution in [2.45, 2.75) is 64.9 Å². The summed E-state index contributed by atoms with van der Waals surface area (Å²) < 4.78 is 24.2. The molecule has 5 aromatic carbocycles. The van der Waals surface area contributed by atoms with E-state index in [9.17, 15) is 4.79 Å². The minimum absolute atomic E-state index is 0.140. The van der Waals surface area contributed by atoms with Gasteiger partial charge in [-0.15, -0.1) is 0 Å². The molecule has 1 fully saturated rings. The highest BCUT2D eigenvalue weighted by atomic mass is 16.6. The molecular weight excluding hydrogens is 657 g/mol. The van der Waals surface area contributed by atoms with Gasteiger partial charge in [0.25, 0.3) is 0 Å². The maximum Gasteiger partial charge on any atom is 0.330 e. The van der Waals surface area contributed by atoms with Crippen LogP contribution in [-0.2, 0) is 20.5 Å². The van der Waals surface area contributed by atoms with Gasteiger partial charge in [-0.25, -0.2) is 4.79 Å². The number of aryl methyl sites for hydroxylation is 1. The first-order valence-corrected chi connectivity index (χ1v) is 18.6. The van der Waals surface area contributed by atoms with Gasteiger partial charge in [-0.05, 0) is 101 Å². The van der Waals surface area contributed by atoms with Gasteiger partial charge in [0.05, 0.1) is 7.11 Å². The van der Waals surface area contributed by atoms with Crippen molar-refractivity contribution in [3.8, 4) is 28.4 Å². The third-order valence-corrected chi connectivity index (χ3v) is 11.5. The minimum Gasteiger partial charge on any atom is -0.497 e. The SMILES string of the molecule is C=CC(=O)OCCOc1ccc(C2(c3ccc(OC)cc3)C=Cc3c4c(c5ccc(C)cc5c3O2)-c2ccccc2C42CC(C)(C)CC(C)(C)C2)cc1. The van der Waals surface area contributed by atoms with Crippen molar-refractivity contribution in [3.05, 3.63) is 143 Å². The van der Waals surface area contributed by atoms with Crippen LogP contribution in [0.4, 0.5) is 0 Å². The molecule has 5 heteroatoms. The topological polar surface area (TPSA) is 54.0 Å². The lowest BCUT2D eigenvalue weighted by atomic mass is 9.52. The highest BCUT2D eigenvalue weighted by Crippen LogP contribution is 2.66. The smallest absolute Gasteiger partial charge is 0.330 e. The fourth-order valence-corrected chi connectivity index (χ4v) is 10.2. The molecule has 0 aromatic heterocycles. The molecule has 1 spiro atoms. The van der Waals surface area contributed by atoms with Crippen molar-refractivity contribution < 1.29 is 23.7 Å². The van der Waals surface area contributed by atoms with Crippen LogP contribution in [0.2, 0.25) is 0 Å². The second-order valence-electron chi connectivity index (χ2n) is 16.7. The van der Waals surface area contributed by atoms with Gasteiger partial charge in [-0.3, -0.25) is 0 Å². The van der Waals surface area contributed by atoms with E-state index < -0.39 is 11.6 Å². The van der Waals surface area contributed by atoms with Crippen molar-refractivity contribution in [3.63, 3.8) is 0 Å². The number of ether oxygens (including phenoxy) is 4. The van der Waals surface area contributed by atoms with Gasteiger partial charge in [0.2, 0.25) is 0 Å². The van der Waals surface area contributed by atoms with Crippen LogP contribution in [0.3, 0.4) is 0 Å². The molecule has 0 N–H and O–H groups in total. The van der Waals surface area contributed by atoms with E-state index in [1.165, 1.54) is 45.2 Å². The summed E-state index contributed by atoms with van der Waals surface area (Å²) in [5.41, 5.74) is 9.08. The number of hydrogen-bond acceptors (Lipinski definition) is 5. The van der Waals surface area contributed by atoms with Crippen LogP contribution in [0.5, 0.6) is 17.2 Å². The van der Waals surface area contributed by atoms with Gasteiger partial charge in [0, 0.05) is 33.6 Å². The van der Waals surface area contributed by atoms with E-state index in [0.29, 0.717) is 5.75 Å². The van der Waals surface area contributed by atoms with Crippen LogP contribution in [0.1, 0.15) is 80.3 Å². The van der Waals surface area contributed by atoms with Crippen LogP contribution in [-0.4, -0.2) is 26.3 Å². The molecule has 1 saturated carbocycles. The van der Waals surface area contributed by atoms with Crippen molar-refractivity contribution in [2.24, 2.45) is 10.8 Å². The Hall–Kier alpha value is -5.29. The van der Waals surface area contributed by atoms with Gasteiger partial charge in [-0.2, -0.15) is 0 Å². The molecular formula is C48H48O5. The predicted molar refractivity (Wildman–Crippen MR) is 213 cm³/mol. The molecule has 1 atom stereocenters. The average Bonchev–Trinajstić information content (AvgIpc) is 3.40. The van der Waals surface area contributed by atoms with Gasteiger partial charge < -0.3 is 18.9 Å². The molecule has 1 heterocycles. The summed E-state index contributed by atoms with van der Waals surface area (Å²) >= 11 is 0. The summed E-state index contributed by atoms with van der Waals surface area (Å²) in [7, 11) is 1.69. The standard InChI is InChI=1S/C48H48O5/c1-8-41(49)52-26-25-51-35-20-16-33(17-21-35)48(32-14-18-34(50-7)19-15-32)24-23-38-43-42(36-22-13-31(2)27-39(36)44(38)53-48)37-11-9-10-12-40(37)47(43)29-45(3,4)28-46(5,6)30-47/h8-24,27H,1,25-26,28-30H2,2-7H3. The predicted octanol–water partition coefficient (Wildman–Crippen LogP) is 11.1.